The van der Waals surface area contributed by atoms with Crippen LogP contribution in [0.25, 0.3) is 0 Å². The highest BCUT2D eigenvalue weighted by Crippen LogP contribution is 2.38. The summed E-state index contributed by atoms with van der Waals surface area (Å²) in [6.07, 6.45) is 1.08. The molecule has 2 atom stereocenters. The molecule has 1 fully saturated rings. The predicted octanol–water partition coefficient (Wildman–Crippen LogP) is 2.90. The standard InChI is InChI=1S/C15H18N2O/c1-12(13-6-4-3-5-7-13)17-11-9-15(2,8-10-16)14(17)18/h3-7,12H,8-9,11H2,1-2H3/t12-,15?/m0/s1. The minimum absolute atomic E-state index is 0.0826. The lowest BCUT2D eigenvalue weighted by Crippen LogP contribution is -2.34. The van der Waals surface area contributed by atoms with Gasteiger partial charge in [-0.05, 0) is 25.8 Å². The summed E-state index contributed by atoms with van der Waals surface area (Å²) in [6, 6.07) is 12.2. The molecule has 2 rings (SSSR count). The van der Waals surface area contributed by atoms with Gasteiger partial charge in [-0.2, -0.15) is 5.26 Å². The molecule has 3 heteroatoms. The van der Waals surface area contributed by atoms with Crippen molar-refractivity contribution in [1.29, 1.82) is 5.26 Å². The van der Waals surface area contributed by atoms with Crippen molar-refractivity contribution in [3.05, 3.63) is 35.9 Å². The fraction of sp³-hybridized carbons (Fsp3) is 0.467. The Morgan fingerprint density at radius 2 is 2.11 bits per heavy atom. The molecule has 0 saturated carbocycles. The molecule has 0 aliphatic carbocycles. The lowest BCUT2D eigenvalue weighted by molar-refractivity contribution is -0.136. The van der Waals surface area contributed by atoms with E-state index in [1.807, 2.05) is 49.1 Å². The number of likely N-dealkylation sites (tertiary alicyclic amines) is 1. The van der Waals surface area contributed by atoms with Crippen molar-refractivity contribution in [2.45, 2.75) is 32.7 Å². The summed E-state index contributed by atoms with van der Waals surface area (Å²) in [4.78, 5) is 14.3. The van der Waals surface area contributed by atoms with Gasteiger partial charge in [-0.15, -0.1) is 0 Å². The lowest BCUT2D eigenvalue weighted by Gasteiger charge is -2.27. The second-order valence-corrected chi connectivity index (χ2v) is 5.23. The highest BCUT2D eigenvalue weighted by Gasteiger charge is 2.44. The van der Waals surface area contributed by atoms with E-state index in [0.29, 0.717) is 6.42 Å². The summed E-state index contributed by atoms with van der Waals surface area (Å²) >= 11 is 0. The summed E-state index contributed by atoms with van der Waals surface area (Å²) in [7, 11) is 0. The number of hydrogen-bond donors (Lipinski definition) is 0. The largest absolute Gasteiger partial charge is 0.335 e. The SMILES string of the molecule is C[C@@H](c1ccccc1)N1CCC(C)(CC#N)C1=O. The van der Waals surface area contributed by atoms with E-state index >= 15 is 0 Å². The molecule has 1 aliphatic rings. The first-order valence-corrected chi connectivity index (χ1v) is 6.31. The van der Waals surface area contributed by atoms with Crippen molar-refractivity contribution in [1.82, 2.24) is 4.90 Å². The number of nitriles is 1. The highest BCUT2D eigenvalue weighted by molar-refractivity contribution is 5.85. The molecule has 1 aromatic carbocycles. The van der Waals surface area contributed by atoms with E-state index in [2.05, 4.69) is 6.07 Å². The number of rotatable bonds is 3. The first-order valence-electron chi connectivity index (χ1n) is 6.31. The molecule has 0 N–H and O–H groups in total. The fourth-order valence-corrected chi connectivity index (χ4v) is 2.54. The lowest BCUT2D eigenvalue weighted by atomic mass is 9.86. The molecular weight excluding hydrogens is 224 g/mol. The topological polar surface area (TPSA) is 44.1 Å². The van der Waals surface area contributed by atoms with Gasteiger partial charge in [0.15, 0.2) is 0 Å². The van der Waals surface area contributed by atoms with Crippen LogP contribution in [0, 0.1) is 16.7 Å². The summed E-state index contributed by atoms with van der Waals surface area (Å²) in [5.41, 5.74) is 0.657. The van der Waals surface area contributed by atoms with Crippen LogP contribution in [-0.2, 0) is 4.79 Å². The van der Waals surface area contributed by atoms with Crippen molar-refractivity contribution < 1.29 is 4.79 Å². The average Bonchev–Trinajstić information content (AvgIpc) is 2.67. The molecule has 0 radical (unpaired) electrons. The van der Waals surface area contributed by atoms with E-state index < -0.39 is 5.41 Å². The Morgan fingerprint density at radius 1 is 1.44 bits per heavy atom. The Hall–Kier alpha value is -1.82. The van der Waals surface area contributed by atoms with Gasteiger partial charge in [0.2, 0.25) is 5.91 Å². The average molecular weight is 242 g/mol. The summed E-state index contributed by atoms with van der Waals surface area (Å²) in [5.74, 6) is 0.111. The van der Waals surface area contributed by atoms with Gasteiger partial charge in [-0.3, -0.25) is 4.79 Å². The van der Waals surface area contributed by atoms with Crippen molar-refractivity contribution in [2.75, 3.05) is 6.54 Å². The van der Waals surface area contributed by atoms with Gasteiger partial charge in [0.25, 0.3) is 0 Å². The zero-order valence-electron chi connectivity index (χ0n) is 10.9. The Kier molecular flexibility index (Phi) is 3.38. The summed E-state index contributed by atoms with van der Waals surface area (Å²) < 4.78 is 0. The molecule has 1 heterocycles. The quantitative estimate of drug-likeness (QED) is 0.818. The van der Waals surface area contributed by atoms with Crippen molar-refractivity contribution >= 4 is 5.91 Å². The molecule has 1 aliphatic heterocycles. The minimum Gasteiger partial charge on any atom is -0.335 e. The maximum Gasteiger partial charge on any atom is 0.230 e. The van der Waals surface area contributed by atoms with Gasteiger partial charge in [-0.25, -0.2) is 0 Å². The van der Waals surface area contributed by atoms with Crippen LogP contribution in [-0.4, -0.2) is 17.4 Å². The van der Waals surface area contributed by atoms with Crippen LogP contribution >= 0.6 is 0 Å². The van der Waals surface area contributed by atoms with Crippen molar-refractivity contribution in [2.24, 2.45) is 5.41 Å². The first kappa shape index (κ1) is 12.6. The molecule has 94 valence electrons. The molecule has 18 heavy (non-hydrogen) atoms. The Balaban J connectivity index is 2.18. The number of carbonyl (C=O) groups is 1. The Labute approximate surface area is 108 Å². The summed E-state index contributed by atoms with van der Waals surface area (Å²) in [5, 5.41) is 8.83. The van der Waals surface area contributed by atoms with Crippen LogP contribution in [0.4, 0.5) is 0 Å². The minimum atomic E-state index is -0.488. The van der Waals surface area contributed by atoms with E-state index in [1.165, 1.54) is 0 Å². The molecule has 1 unspecified atom stereocenters. The van der Waals surface area contributed by atoms with Gasteiger partial charge >= 0.3 is 0 Å². The maximum atomic E-state index is 12.4. The van der Waals surface area contributed by atoms with Crippen LogP contribution < -0.4 is 0 Å². The molecular formula is C15H18N2O. The van der Waals surface area contributed by atoms with E-state index in [9.17, 15) is 4.79 Å². The van der Waals surface area contributed by atoms with Crippen LogP contribution in [0.3, 0.4) is 0 Å². The van der Waals surface area contributed by atoms with E-state index in [0.717, 1.165) is 18.5 Å². The molecule has 1 amide bonds. The molecule has 0 aromatic heterocycles. The third-order valence-corrected chi connectivity index (χ3v) is 3.90. The van der Waals surface area contributed by atoms with Crippen molar-refractivity contribution in [3.8, 4) is 6.07 Å². The zero-order chi connectivity index (χ0) is 13.2. The number of hydrogen-bond acceptors (Lipinski definition) is 2. The second kappa shape index (κ2) is 4.81. The number of nitrogens with zero attached hydrogens (tertiary/aromatic N) is 2. The maximum absolute atomic E-state index is 12.4. The summed E-state index contributed by atoms with van der Waals surface area (Å²) in [6.45, 7) is 4.69. The highest BCUT2D eigenvalue weighted by atomic mass is 16.2. The predicted molar refractivity (Wildman–Crippen MR) is 69.5 cm³/mol. The van der Waals surface area contributed by atoms with Crippen LogP contribution in [0.2, 0.25) is 0 Å². The van der Waals surface area contributed by atoms with Gasteiger partial charge in [0.05, 0.1) is 17.5 Å². The zero-order valence-corrected chi connectivity index (χ0v) is 10.9. The normalized spacial score (nSPS) is 24.9. The number of carbonyl (C=O) groups excluding carboxylic acids is 1. The third-order valence-electron chi connectivity index (χ3n) is 3.90. The molecule has 3 nitrogen and oxygen atoms in total. The fourth-order valence-electron chi connectivity index (χ4n) is 2.54. The Bertz CT molecular complexity index is 477. The van der Waals surface area contributed by atoms with E-state index in [4.69, 9.17) is 5.26 Å². The smallest absolute Gasteiger partial charge is 0.230 e. The first-order chi connectivity index (χ1) is 8.58. The molecule has 0 bridgehead atoms. The molecule has 0 spiro atoms. The Morgan fingerprint density at radius 3 is 2.72 bits per heavy atom. The van der Waals surface area contributed by atoms with E-state index in [-0.39, 0.29) is 11.9 Å². The van der Waals surface area contributed by atoms with Crippen LogP contribution in [0.5, 0.6) is 0 Å². The van der Waals surface area contributed by atoms with Crippen LogP contribution in [0.15, 0.2) is 30.3 Å². The van der Waals surface area contributed by atoms with Gasteiger partial charge < -0.3 is 4.90 Å². The number of benzene rings is 1. The monoisotopic (exact) mass is 242 g/mol. The second-order valence-electron chi connectivity index (χ2n) is 5.23. The van der Waals surface area contributed by atoms with Gasteiger partial charge in [0.1, 0.15) is 0 Å². The van der Waals surface area contributed by atoms with Gasteiger partial charge in [0, 0.05) is 13.0 Å². The van der Waals surface area contributed by atoms with E-state index in [1.54, 1.807) is 0 Å². The molecule has 1 aromatic rings. The van der Waals surface area contributed by atoms with Gasteiger partial charge in [-0.1, -0.05) is 30.3 Å². The molecule has 1 saturated heterocycles. The van der Waals surface area contributed by atoms with Crippen molar-refractivity contribution in [3.63, 3.8) is 0 Å². The third kappa shape index (κ3) is 2.11. The number of amides is 1. The van der Waals surface area contributed by atoms with Crippen LogP contribution in [0.1, 0.15) is 38.3 Å².